The van der Waals surface area contributed by atoms with E-state index in [1.807, 2.05) is 27.7 Å². The number of sulfonamides is 1. The number of rotatable bonds is 4. The lowest BCUT2D eigenvalue weighted by molar-refractivity contribution is -0.127. The zero-order valence-electron chi connectivity index (χ0n) is 13.1. The number of hydrogen-bond donors (Lipinski definition) is 2. The van der Waals surface area contributed by atoms with Gasteiger partial charge in [-0.3, -0.25) is 9.69 Å². The van der Waals surface area contributed by atoms with Gasteiger partial charge in [0.05, 0.1) is 12.3 Å². The molecular weight excluding hydrogens is 278 g/mol. The zero-order valence-corrected chi connectivity index (χ0v) is 13.9. The molecule has 1 amide bonds. The molecule has 0 spiro atoms. The van der Waals surface area contributed by atoms with Crippen LogP contribution in [-0.2, 0) is 14.8 Å². The molecule has 0 saturated carbocycles. The highest BCUT2D eigenvalue weighted by atomic mass is 32.2. The molecule has 118 valence electrons. The van der Waals surface area contributed by atoms with Crippen molar-refractivity contribution in [2.45, 2.75) is 58.2 Å². The molecule has 1 atom stereocenters. The van der Waals surface area contributed by atoms with E-state index in [0.29, 0.717) is 0 Å². The van der Waals surface area contributed by atoms with E-state index in [0.717, 1.165) is 25.9 Å². The molecule has 1 aliphatic heterocycles. The van der Waals surface area contributed by atoms with Gasteiger partial charge in [0.15, 0.2) is 0 Å². The highest BCUT2D eigenvalue weighted by Gasteiger charge is 2.29. The second-order valence-electron chi connectivity index (χ2n) is 6.62. The number of carbonyl (C=O) groups excluding carboxylic acids is 1. The van der Waals surface area contributed by atoms with E-state index in [2.05, 4.69) is 14.9 Å². The van der Waals surface area contributed by atoms with Crippen LogP contribution in [0.25, 0.3) is 0 Å². The number of nitrogens with one attached hydrogen (secondary N) is 2. The van der Waals surface area contributed by atoms with Gasteiger partial charge < -0.3 is 5.32 Å². The Hall–Kier alpha value is -0.660. The monoisotopic (exact) mass is 305 g/mol. The van der Waals surface area contributed by atoms with Crippen LogP contribution >= 0.6 is 0 Å². The van der Waals surface area contributed by atoms with Crippen LogP contribution in [0.15, 0.2) is 0 Å². The van der Waals surface area contributed by atoms with Crippen LogP contribution in [0.3, 0.4) is 0 Å². The molecule has 1 fully saturated rings. The molecule has 0 bridgehead atoms. The molecule has 0 radical (unpaired) electrons. The van der Waals surface area contributed by atoms with Crippen molar-refractivity contribution in [3.63, 3.8) is 0 Å². The van der Waals surface area contributed by atoms with Crippen molar-refractivity contribution < 1.29 is 13.2 Å². The van der Waals surface area contributed by atoms with Gasteiger partial charge in [-0.15, -0.1) is 0 Å². The van der Waals surface area contributed by atoms with Gasteiger partial charge in [0.25, 0.3) is 0 Å². The van der Waals surface area contributed by atoms with Gasteiger partial charge in [0, 0.05) is 24.7 Å². The lowest BCUT2D eigenvalue weighted by atomic mass is 10.0. The molecule has 1 unspecified atom stereocenters. The van der Waals surface area contributed by atoms with Crippen molar-refractivity contribution in [2.75, 3.05) is 19.3 Å². The Morgan fingerprint density at radius 1 is 1.25 bits per heavy atom. The number of carbonyl (C=O) groups is 1. The third-order valence-corrected chi connectivity index (χ3v) is 4.10. The van der Waals surface area contributed by atoms with Crippen molar-refractivity contribution in [2.24, 2.45) is 0 Å². The number of nitrogens with zero attached hydrogens (tertiary/aromatic N) is 1. The van der Waals surface area contributed by atoms with Gasteiger partial charge in [0.2, 0.25) is 15.9 Å². The first-order valence-electron chi connectivity index (χ1n) is 7.01. The number of piperidine rings is 1. The van der Waals surface area contributed by atoms with E-state index in [9.17, 15) is 13.2 Å². The fraction of sp³-hybridized carbons (Fsp3) is 0.923. The molecule has 20 heavy (non-hydrogen) atoms. The summed E-state index contributed by atoms with van der Waals surface area (Å²) in [4.78, 5) is 14.2. The molecule has 1 aliphatic rings. The summed E-state index contributed by atoms with van der Waals surface area (Å²) in [5.74, 6) is 0.0204. The first-order valence-corrected chi connectivity index (χ1v) is 8.90. The summed E-state index contributed by atoms with van der Waals surface area (Å²) in [6.45, 7) is 9.23. The maximum atomic E-state index is 12.1. The van der Waals surface area contributed by atoms with Gasteiger partial charge in [0.1, 0.15) is 0 Å². The van der Waals surface area contributed by atoms with Crippen molar-refractivity contribution in [3.8, 4) is 0 Å². The van der Waals surface area contributed by atoms with Crippen molar-refractivity contribution >= 4 is 15.9 Å². The summed E-state index contributed by atoms with van der Waals surface area (Å²) in [5.41, 5.74) is -0.235. The molecule has 0 aromatic rings. The average molecular weight is 305 g/mol. The molecule has 6 nitrogen and oxygen atoms in total. The Morgan fingerprint density at radius 3 is 2.15 bits per heavy atom. The van der Waals surface area contributed by atoms with E-state index in [1.54, 1.807) is 0 Å². The Morgan fingerprint density at radius 2 is 1.75 bits per heavy atom. The lowest BCUT2D eigenvalue weighted by Crippen LogP contribution is -2.54. The number of hydrogen-bond acceptors (Lipinski definition) is 4. The van der Waals surface area contributed by atoms with Crippen LogP contribution in [0.1, 0.15) is 40.5 Å². The van der Waals surface area contributed by atoms with E-state index >= 15 is 0 Å². The molecule has 0 aromatic carbocycles. The minimum absolute atomic E-state index is 0.0147. The highest BCUT2D eigenvalue weighted by Crippen LogP contribution is 2.14. The van der Waals surface area contributed by atoms with Crippen LogP contribution in [0.5, 0.6) is 0 Å². The van der Waals surface area contributed by atoms with Crippen LogP contribution in [0.2, 0.25) is 0 Å². The minimum Gasteiger partial charge on any atom is -0.350 e. The van der Waals surface area contributed by atoms with E-state index in [-0.39, 0.29) is 23.5 Å². The third-order valence-electron chi connectivity index (χ3n) is 3.34. The van der Waals surface area contributed by atoms with Gasteiger partial charge in [-0.25, -0.2) is 13.1 Å². The summed E-state index contributed by atoms with van der Waals surface area (Å²) in [6, 6.07) is -0.201. The quantitative estimate of drug-likeness (QED) is 0.783. The first-order chi connectivity index (χ1) is 8.98. The van der Waals surface area contributed by atoms with Crippen LogP contribution in [0.4, 0.5) is 0 Å². The maximum Gasteiger partial charge on any atom is 0.237 e. The van der Waals surface area contributed by atoms with Crippen molar-refractivity contribution in [1.82, 2.24) is 14.9 Å². The Labute approximate surface area is 122 Å². The standard InChI is InChI=1S/C13H27N3O3S/c1-10(12(17)14-13(2,3)4)16-8-6-11(7-9-16)15-20(5,18)19/h10-11,15H,6-9H2,1-5H3,(H,14,17). The molecule has 1 saturated heterocycles. The van der Waals surface area contributed by atoms with E-state index < -0.39 is 10.0 Å². The van der Waals surface area contributed by atoms with Crippen molar-refractivity contribution in [3.05, 3.63) is 0 Å². The Kier molecular flexibility index (Phi) is 5.57. The fourth-order valence-electron chi connectivity index (χ4n) is 2.35. The predicted molar refractivity (Wildman–Crippen MR) is 79.9 cm³/mol. The molecule has 2 N–H and O–H groups in total. The fourth-order valence-corrected chi connectivity index (χ4v) is 3.19. The maximum absolute atomic E-state index is 12.1. The number of amides is 1. The normalized spacial score (nSPS) is 20.6. The number of likely N-dealkylation sites (tertiary alicyclic amines) is 1. The van der Waals surface area contributed by atoms with Crippen LogP contribution < -0.4 is 10.0 Å². The van der Waals surface area contributed by atoms with Gasteiger partial charge in [-0.2, -0.15) is 0 Å². The summed E-state index contributed by atoms with van der Waals surface area (Å²) < 4.78 is 25.0. The SMILES string of the molecule is CC(C(=O)NC(C)(C)C)N1CCC(NS(C)(=O)=O)CC1. The van der Waals surface area contributed by atoms with E-state index in [4.69, 9.17) is 0 Å². The molecule has 1 rings (SSSR count). The largest absolute Gasteiger partial charge is 0.350 e. The topological polar surface area (TPSA) is 78.5 Å². The molecular formula is C13H27N3O3S. The minimum atomic E-state index is -3.15. The molecule has 0 aliphatic carbocycles. The predicted octanol–water partition coefficient (Wildman–Crippen LogP) is 0.303. The van der Waals surface area contributed by atoms with Gasteiger partial charge in [-0.05, 0) is 40.5 Å². The smallest absolute Gasteiger partial charge is 0.237 e. The molecule has 1 heterocycles. The summed E-state index contributed by atoms with van der Waals surface area (Å²) >= 11 is 0. The lowest BCUT2D eigenvalue weighted by Gasteiger charge is -2.36. The average Bonchev–Trinajstić information content (AvgIpc) is 2.24. The van der Waals surface area contributed by atoms with Crippen molar-refractivity contribution in [1.29, 1.82) is 0 Å². The van der Waals surface area contributed by atoms with E-state index in [1.165, 1.54) is 6.26 Å². The third kappa shape index (κ3) is 6.19. The van der Waals surface area contributed by atoms with Crippen LogP contribution in [0, 0.1) is 0 Å². The zero-order chi connectivity index (χ0) is 15.6. The Balaban J connectivity index is 2.47. The Bertz CT molecular complexity index is 434. The summed E-state index contributed by atoms with van der Waals surface area (Å²) in [7, 11) is -3.15. The second-order valence-corrected chi connectivity index (χ2v) is 8.40. The molecule has 0 aromatic heterocycles. The van der Waals surface area contributed by atoms with Gasteiger partial charge in [-0.1, -0.05) is 0 Å². The highest BCUT2D eigenvalue weighted by molar-refractivity contribution is 7.88. The molecule has 7 heteroatoms. The first kappa shape index (κ1) is 17.4. The summed E-state index contributed by atoms with van der Waals surface area (Å²) in [5, 5.41) is 2.97. The second kappa shape index (κ2) is 6.41. The van der Waals surface area contributed by atoms with Crippen LogP contribution in [-0.4, -0.2) is 56.2 Å². The summed E-state index contributed by atoms with van der Waals surface area (Å²) in [6.07, 6.45) is 2.65. The van der Waals surface area contributed by atoms with Gasteiger partial charge >= 0.3 is 0 Å².